The number of hydrogen-bond acceptors (Lipinski definition) is 4. The molecule has 0 saturated carbocycles. The molecule has 21 heavy (non-hydrogen) atoms. The van der Waals surface area contributed by atoms with Gasteiger partial charge in [0.05, 0.1) is 18.9 Å². The summed E-state index contributed by atoms with van der Waals surface area (Å²) in [5.41, 5.74) is 3.21. The molecule has 1 N–H and O–H groups in total. The molecule has 1 aliphatic rings. The van der Waals surface area contributed by atoms with Gasteiger partial charge in [-0.05, 0) is 12.5 Å². The lowest BCUT2D eigenvalue weighted by molar-refractivity contribution is 0.0319. The molecular weight excluding hydrogens is 266 g/mol. The molecule has 0 amide bonds. The Morgan fingerprint density at radius 1 is 1.24 bits per heavy atom. The van der Waals surface area contributed by atoms with Crippen LogP contribution in [0, 0.1) is 6.92 Å². The lowest BCUT2D eigenvalue weighted by Gasteiger charge is -2.26. The number of H-pyrrole nitrogens is 1. The molecule has 1 aliphatic heterocycles. The van der Waals surface area contributed by atoms with Gasteiger partial charge in [-0.3, -0.25) is 10.00 Å². The minimum atomic E-state index is 0.653. The number of nitrogens with zero attached hydrogens (tertiary/aromatic N) is 2. The van der Waals surface area contributed by atoms with E-state index >= 15 is 0 Å². The van der Waals surface area contributed by atoms with Crippen LogP contribution >= 0.6 is 0 Å². The molecule has 0 atom stereocenters. The molecule has 0 bridgehead atoms. The van der Waals surface area contributed by atoms with Gasteiger partial charge in [-0.25, -0.2) is 0 Å². The SMILES string of the molecule is Cc1c(OCCN2CCOCC2)n[nH]c1-c1ccccc1. The molecule has 1 saturated heterocycles. The van der Waals surface area contributed by atoms with Gasteiger partial charge in [0.25, 0.3) is 0 Å². The van der Waals surface area contributed by atoms with E-state index in [1.807, 2.05) is 25.1 Å². The predicted molar refractivity (Wildman–Crippen MR) is 81.5 cm³/mol. The summed E-state index contributed by atoms with van der Waals surface area (Å²) in [4.78, 5) is 2.35. The Morgan fingerprint density at radius 2 is 2.00 bits per heavy atom. The van der Waals surface area contributed by atoms with Crippen molar-refractivity contribution in [2.45, 2.75) is 6.92 Å². The average Bonchev–Trinajstić information content (AvgIpc) is 2.90. The Kier molecular flexibility index (Phi) is 4.52. The Bertz CT molecular complexity index is 562. The third-order valence-corrected chi connectivity index (χ3v) is 3.78. The zero-order valence-corrected chi connectivity index (χ0v) is 12.3. The van der Waals surface area contributed by atoms with E-state index in [1.165, 1.54) is 0 Å². The molecule has 1 fully saturated rings. The molecule has 3 rings (SSSR count). The quantitative estimate of drug-likeness (QED) is 0.915. The van der Waals surface area contributed by atoms with Crippen LogP contribution in [0.1, 0.15) is 5.56 Å². The summed E-state index contributed by atoms with van der Waals surface area (Å²) in [7, 11) is 0. The maximum absolute atomic E-state index is 5.82. The van der Waals surface area contributed by atoms with Gasteiger partial charge in [-0.2, -0.15) is 0 Å². The molecular formula is C16H21N3O2. The van der Waals surface area contributed by atoms with Crippen molar-refractivity contribution >= 4 is 0 Å². The van der Waals surface area contributed by atoms with E-state index in [2.05, 4.69) is 27.2 Å². The van der Waals surface area contributed by atoms with Crippen LogP contribution in [0.2, 0.25) is 0 Å². The minimum absolute atomic E-state index is 0.653. The normalized spacial score (nSPS) is 16.0. The van der Waals surface area contributed by atoms with E-state index < -0.39 is 0 Å². The molecule has 2 heterocycles. The van der Waals surface area contributed by atoms with Crippen molar-refractivity contribution in [3.63, 3.8) is 0 Å². The Hall–Kier alpha value is -1.85. The van der Waals surface area contributed by atoms with Gasteiger partial charge < -0.3 is 9.47 Å². The fourth-order valence-electron chi connectivity index (χ4n) is 2.50. The number of aromatic amines is 1. The van der Waals surface area contributed by atoms with Gasteiger partial charge in [0.15, 0.2) is 0 Å². The van der Waals surface area contributed by atoms with E-state index in [4.69, 9.17) is 9.47 Å². The van der Waals surface area contributed by atoms with Crippen molar-refractivity contribution in [1.82, 2.24) is 15.1 Å². The molecule has 5 heteroatoms. The summed E-state index contributed by atoms with van der Waals surface area (Å²) in [5, 5.41) is 7.35. The van der Waals surface area contributed by atoms with E-state index in [0.29, 0.717) is 12.5 Å². The highest BCUT2D eigenvalue weighted by Gasteiger charge is 2.13. The summed E-state index contributed by atoms with van der Waals surface area (Å²) in [6.07, 6.45) is 0. The average molecular weight is 287 g/mol. The third-order valence-electron chi connectivity index (χ3n) is 3.78. The maximum Gasteiger partial charge on any atom is 0.236 e. The maximum atomic E-state index is 5.82. The standard InChI is InChI=1S/C16H21N3O2/c1-13-15(14-5-3-2-4-6-14)17-18-16(13)21-12-9-19-7-10-20-11-8-19/h2-6H,7-12H2,1H3,(H,17,18). The smallest absolute Gasteiger partial charge is 0.236 e. The number of hydrogen-bond donors (Lipinski definition) is 1. The first-order chi connectivity index (χ1) is 10.3. The molecule has 0 aliphatic carbocycles. The summed E-state index contributed by atoms with van der Waals surface area (Å²) < 4.78 is 11.2. The highest BCUT2D eigenvalue weighted by molar-refractivity contribution is 5.64. The van der Waals surface area contributed by atoms with E-state index in [-0.39, 0.29) is 0 Å². The first-order valence-electron chi connectivity index (χ1n) is 7.38. The topological polar surface area (TPSA) is 50.4 Å². The number of nitrogens with one attached hydrogen (secondary N) is 1. The van der Waals surface area contributed by atoms with Crippen molar-refractivity contribution in [2.75, 3.05) is 39.5 Å². The summed E-state index contributed by atoms with van der Waals surface area (Å²) in [6, 6.07) is 10.2. The molecule has 2 aromatic rings. The lowest BCUT2D eigenvalue weighted by atomic mass is 10.1. The summed E-state index contributed by atoms with van der Waals surface area (Å²) in [5.74, 6) is 0.696. The van der Waals surface area contributed by atoms with Gasteiger partial charge in [0, 0.05) is 25.2 Å². The monoisotopic (exact) mass is 287 g/mol. The van der Waals surface area contributed by atoms with Crippen molar-refractivity contribution in [3.8, 4) is 17.1 Å². The van der Waals surface area contributed by atoms with E-state index in [1.54, 1.807) is 0 Å². The van der Waals surface area contributed by atoms with Crippen molar-refractivity contribution in [2.24, 2.45) is 0 Å². The van der Waals surface area contributed by atoms with Crippen LogP contribution < -0.4 is 4.74 Å². The molecule has 1 aromatic carbocycles. The van der Waals surface area contributed by atoms with Gasteiger partial charge in [0.1, 0.15) is 6.61 Å². The Balaban J connectivity index is 1.58. The fraction of sp³-hybridized carbons (Fsp3) is 0.438. The van der Waals surface area contributed by atoms with Gasteiger partial charge in [-0.15, -0.1) is 5.10 Å². The largest absolute Gasteiger partial charge is 0.475 e. The number of morpholine rings is 1. The van der Waals surface area contributed by atoms with Crippen molar-refractivity contribution < 1.29 is 9.47 Å². The van der Waals surface area contributed by atoms with Crippen LogP contribution in [0.15, 0.2) is 30.3 Å². The number of benzene rings is 1. The summed E-state index contributed by atoms with van der Waals surface area (Å²) in [6.45, 7) is 7.21. The third kappa shape index (κ3) is 3.43. The zero-order valence-electron chi connectivity index (χ0n) is 12.3. The van der Waals surface area contributed by atoms with E-state index in [9.17, 15) is 0 Å². The fourth-order valence-corrected chi connectivity index (χ4v) is 2.50. The minimum Gasteiger partial charge on any atom is -0.475 e. The second-order valence-corrected chi connectivity index (χ2v) is 5.20. The zero-order chi connectivity index (χ0) is 14.5. The van der Waals surface area contributed by atoms with Crippen LogP contribution in [0.3, 0.4) is 0 Å². The van der Waals surface area contributed by atoms with Crippen molar-refractivity contribution in [3.05, 3.63) is 35.9 Å². The van der Waals surface area contributed by atoms with Crippen LogP contribution in [-0.2, 0) is 4.74 Å². The molecule has 5 nitrogen and oxygen atoms in total. The van der Waals surface area contributed by atoms with Crippen LogP contribution in [0.4, 0.5) is 0 Å². The van der Waals surface area contributed by atoms with Crippen LogP contribution in [0.25, 0.3) is 11.3 Å². The number of ether oxygens (including phenoxy) is 2. The van der Waals surface area contributed by atoms with Crippen LogP contribution in [-0.4, -0.2) is 54.6 Å². The second kappa shape index (κ2) is 6.74. The summed E-state index contributed by atoms with van der Waals surface area (Å²) >= 11 is 0. The van der Waals surface area contributed by atoms with Gasteiger partial charge in [0.2, 0.25) is 5.88 Å². The molecule has 1 aromatic heterocycles. The number of rotatable bonds is 5. The molecule has 0 radical (unpaired) electrons. The highest BCUT2D eigenvalue weighted by atomic mass is 16.5. The first-order valence-corrected chi connectivity index (χ1v) is 7.38. The second-order valence-electron chi connectivity index (χ2n) is 5.20. The molecule has 0 spiro atoms. The molecule has 112 valence electrons. The number of aromatic nitrogens is 2. The Labute approximate surface area is 124 Å². The highest BCUT2D eigenvalue weighted by Crippen LogP contribution is 2.26. The molecule has 0 unspecified atom stereocenters. The first kappa shape index (κ1) is 14.1. The van der Waals surface area contributed by atoms with E-state index in [0.717, 1.165) is 49.7 Å². The Morgan fingerprint density at radius 3 is 2.76 bits per heavy atom. The predicted octanol–water partition coefficient (Wildman–Crippen LogP) is 2.10. The van der Waals surface area contributed by atoms with Gasteiger partial charge in [-0.1, -0.05) is 30.3 Å². The van der Waals surface area contributed by atoms with Gasteiger partial charge >= 0.3 is 0 Å². The lowest BCUT2D eigenvalue weighted by Crippen LogP contribution is -2.38. The van der Waals surface area contributed by atoms with Crippen LogP contribution in [0.5, 0.6) is 5.88 Å². The van der Waals surface area contributed by atoms with Crippen molar-refractivity contribution in [1.29, 1.82) is 0 Å².